The Balaban J connectivity index is 1.05. The maximum atomic E-state index is 2.42. The van der Waals surface area contributed by atoms with Crippen LogP contribution in [0.2, 0.25) is 0 Å². The van der Waals surface area contributed by atoms with E-state index in [1.165, 1.54) is 108 Å². The first-order valence-corrected chi connectivity index (χ1v) is 17.9. The van der Waals surface area contributed by atoms with E-state index in [1.54, 1.807) is 11.1 Å². The van der Waals surface area contributed by atoms with Gasteiger partial charge in [-0.1, -0.05) is 158 Å². The summed E-state index contributed by atoms with van der Waals surface area (Å²) in [6.45, 7) is 0. The van der Waals surface area contributed by atoms with Crippen LogP contribution in [0.1, 0.15) is 43.2 Å². The molecule has 0 aromatic heterocycles. The molecule has 0 atom stereocenters. The van der Waals surface area contributed by atoms with Crippen molar-refractivity contribution < 1.29 is 0 Å². The average Bonchev–Trinajstić information content (AvgIpc) is 3.41. The van der Waals surface area contributed by atoms with Crippen molar-refractivity contribution in [3.63, 3.8) is 0 Å². The number of rotatable bonds is 3. The minimum absolute atomic E-state index is 0.181. The van der Waals surface area contributed by atoms with Gasteiger partial charge in [-0.05, 0) is 103 Å². The molecule has 0 amide bonds. The normalized spacial score (nSPS) is 15.3. The molecule has 0 bridgehead atoms. The quantitative estimate of drug-likeness (QED) is 0.190. The molecule has 0 saturated heterocycles. The van der Waals surface area contributed by atoms with Gasteiger partial charge in [0, 0.05) is 20.6 Å². The smallest absolute Gasteiger partial charge is 0.0215 e. The van der Waals surface area contributed by atoms with Crippen molar-refractivity contribution in [2.24, 2.45) is 0 Å². The molecule has 224 valence electrons. The van der Waals surface area contributed by atoms with Gasteiger partial charge in [0.1, 0.15) is 0 Å². The summed E-state index contributed by atoms with van der Waals surface area (Å²) >= 11 is 1.89. The van der Waals surface area contributed by atoms with Crippen LogP contribution >= 0.6 is 11.8 Å². The van der Waals surface area contributed by atoms with Crippen LogP contribution in [-0.2, 0) is 5.41 Å². The minimum Gasteiger partial charge on any atom is -0.0888 e. The van der Waals surface area contributed by atoms with Gasteiger partial charge >= 0.3 is 0 Å². The first-order chi connectivity index (χ1) is 23.3. The summed E-state index contributed by atoms with van der Waals surface area (Å²) in [5, 5.41) is 2.68. The predicted octanol–water partition coefficient (Wildman–Crippen LogP) is 13.2. The molecular formula is C46H34S. The Bertz CT molecular complexity index is 2350. The SMILES string of the molecule is c1ccc(-c2ccc3c(c2)-c2cccc4cccc(c24)S3)c(-c2ccc(-c3cccc4c3-c3ccccc3C43CCCCC3)cc2)c1. The maximum Gasteiger partial charge on any atom is 0.0215 e. The van der Waals surface area contributed by atoms with Gasteiger partial charge in [0.25, 0.3) is 0 Å². The third kappa shape index (κ3) is 4.09. The maximum absolute atomic E-state index is 2.42. The molecule has 0 radical (unpaired) electrons. The van der Waals surface area contributed by atoms with Gasteiger partial charge in [-0.2, -0.15) is 0 Å². The summed E-state index contributed by atoms with van der Waals surface area (Å²) in [6, 6.07) is 54.9. The molecule has 7 aromatic carbocycles. The molecule has 7 aromatic rings. The number of hydrogen-bond donors (Lipinski definition) is 0. The van der Waals surface area contributed by atoms with Gasteiger partial charge in [-0.25, -0.2) is 0 Å². The molecule has 10 rings (SSSR count). The van der Waals surface area contributed by atoms with Crippen LogP contribution in [0, 0.1) is 0 Å². The number of hydrogen-bond acceptors (Lipinski definition) is 1. The average molecular weight is 619 g/mol. The predicted molar refractivity (Wildman–Crippen MR) is 199 cm³/mol. The Morgan fingerprint density at radius 1 is 0.404 bits per heavy atom. The zero-order valence-electron chi connectivity index (χ0n) is 26.3. The lowest BCUT2D eigenvalue weighted by atomic mass is 9.68. The van der Waals surface area contributed by atoms with Crippen LogP contribution in [0.4, 0.5) is 0 Å². The lowest BCUT2D eigenvalue weighted by molar-refractivity contribution is 0.353. The zero-order valence-corrected chi connectivity index (χ0v) is 27.1. The lowest BCUT2D eigenvalue weighted by Gasteiger charge is -2.36. The fourth-order valence-corrected chi connectivity index (χ4v) is 10.1. The topological polar surface area (TPSA) is 0 Å². The van der Waals surface area contributed by atoms with Crippen LogP contribution in [0.25, 0.3) is 66.4 Å². The number of fused-ring (bicyclic) bond motifs is 7. The second-order valence-corrected chi connectivity index (χ2v) is 14.6. The molecule has 1 heterocycles. The summed E-state index contributed by atoms with van der Waals surface area (Å²) in [5.74, 6) is 0. The highest BCUT2D eigenvalue weighted by molar-refractivity contribution is 7.99. The second-order valence-electron chi connectivity index (χ2n) is 13.5. The van der Waals surface area contributed by atoms with E-state index < -0.39 is 0 Å². The van der Waals surface area contributed by atoms with Crippen LogP contribution in [-0.4, -0.2) is 0 Å². The minimum atomic E-state index is 0.181. The summed E-state index contributed by atoms with van der Waals surface area (Å²) < 4.78 is 0. The molecular weight excluding hydrogens is 585 g/mol. The Labute approximate surface area is 281 Å². The van der Waals surface area contributed by atoms with Gasteiger partial charge in [-0.3, -0.25) is 0 Å². The van der Waals surface area contributed by atoms with E-state index >= 15 is 0 Å². The van der Waals surface area contributed by atoms with E-state index in [0.717, 1.165) is 0 Å². The second kappa shape index (κ2) is 10.6. The molecule has 2 aliphatic carbocycles. The Morgan fingerprint density at radius 3 is 1.81 bits per heavy atom. The van der Waals surface area contributed by atoms with E-state index in [0.29, 0.717) is 0 Å². The van der Waals surface area contributed by atoms with Crippen LogP contribution in [0.5, 0.6) is 0 Å². The van der Waals surface area contributed by atoms with Crippen molar-refractivity contribution in [3.8, 4) is 55.6 Å². The van der Waals surface area contributed by atoms with Crippen molar-refractivity contribution in [1.29, 1.82) is 0 Å². The summed E-state index contributed by atoms with van der Waals surface area (Å²) in [4.78, 5) is 2.68. The highest BCUT2D eigenvalue weighted by Crippen LogP contribution is 2.58. The van der Waals surface area contributed by atoms with Crippen molar-refractivity contribution in [3.05, 3.63) is 157 Å². The third-order valence-corrected chi connectivity index (χ3v) is 12.2. The number of benzene rings is 7. The fraction of sp³-hybridized carbons (Fsp3) is 0.130. The van der Waals surface area contributed by atoms with E-state index in [1.807, 2.05) is 11.8 Å². The molecule has 0 nitrogen and oxygen atoms in total. The van der Waals surface area contributed by atoms with E-state index in [2.05, 4.69) is 146 Å². The third-order valence-electron chi connectivity index (χ3n) is 11.1. The van der Waals surface area contributed by atoms with Crippen molar-refractivity contribution >= 4 is 22.5 Å². The first kappa shape index (κ1) is 27.3. The largest absolute Gasteiger partial charge is 0.0888 e. The summed E-state index contributed by atoms with van der Waals surface area (Å²) in [7, 11) is 0. The Kier molecular flexibility index (Phi) is 6.15. The monoisotopic (exact) mass is 618 g/mol. The van der Waals surface area contributed by atoms with Gasteiger partial charge < -0.3 is 0 Å². The fourth-order valence-electron chi connectivity index (χ4n) is 8.99. The summed E-state index contributed by atoms with van der Waals surface area (Å²) in [5.41, 5.74) is 16.6. The molecule has 3 aliphatic rings. The molecule has 0 unspecified atom stereocenters. The highest BCUT2D eigenvalue weighted by Gasteiger charge is 2.44. The molecule has 47 heavy (non-hydrogen) atoms. The molecule has 1 spiro atoms. The highest BCUT2D eigenvalue weighted by atomic mass is 32.2. The Hall–Kier alpha value is -4.85. The van der Waals surface area contributed by atoms with Gasteiger partial charge in [-0.15, -0.1) is 0 Å². The van der Waals surface area contributed by atoms with Gasteiger partial charge in [0.2, 0.25) is 0 Å². The van der Waals surface area contributed by atoms with E-state index in [-0.39, 0.29) is 5.41 Å². The Morgan fingerprint density at radius 2 is 1.00 bits per heavy atom. The van der Waals surface area contributed by atoms with E-state index in [4.69, 9.17) is 0 Å². The first-order valence-electron chi connectivity index (χ1n) is 17.1. The van der Waals surface area contributed by atoms with Crippen molar-refractivity contribution in [2.45, 2.75) is 47.3 Å². The molecule has 1 aliphatic heterocycles. The molecule has 1 saturated carbocycles. The molecule has 1 heteroatoms. The van der Waals surface area contributed by atoms with Crippen LogP contribution in [0.15, 0.2) is 155 Å². The van der Waals surface area contributed by atoms with Crippen LogP contribution in [0.3, 0.4) is 0 Å². The lowest BCUT2D eigenvalue weighted by Crippen LogP contribution is -2.27. The van der Waals surface area contributed by atoms with Crippen LogP contribution < -0.4 is 0 Å². The van der Waals surface area contributed by atoms with Crippen molar-refractivity contribution in [1.82, 2.24) is 0 Å². The van der Waals surface area contributed by atoms with Gasteiger partial charge in [0.05, 0.1) is 0 Å². The molecule has 0 N–H and O–H groups in total. The summed E-state index contributed by atoms with van der Waals surface area (Å²) in [6.07, 6.45) is 6.52. The van der Waals surface area contributed by atoms with E-state index in [9.17, 15) is 0 Å². The molecule has 1 fully saturated rings. The zero-order chi connectivity index (χ0) is 31.0. The van der Waals surface area contributed by atoms with Crippen molar-refractivity contribution in [2.75, 3.05) is 0 Å². The standard InChI is InChI=1S/C46H34S/c1-6-27-46(28-7-1)40-18-5-4-15-38(40)45-36(16-10-19-41(45)46)31-23-21-30(22-24-31)34-13-2-3-14-35(34)33-25-26-42-39(29-33)37-17-8-11-32-12-9-20-43(47-42)44(32)37/h2-5,8-26,29H,1,6-7,27-28H2. The van der Waals surface area contributed by atoms with Gasteiger partial charge in [0.15, 0.2) is 0 Å².